The molecule has 1 amide bonds. The number of halogens is 2. The van der Waals surface area contributed by atoms with Gasteiger partial charge in [0.15, 0.2) is 5.78 Å². The molecule has 1 aliphatic rings. The fraction of sp³-hybridized carbons (Fsp3) is 0.304. The minimum Gasteiger partial charge on any atom is -0.351 e. The number of fused-ring (bicyclic) bond motifs is 1. The molecule has 166 valence electrons. The van der Waals surface area contributed by atoms with E-state index in [1.165, 1.54) is 22.9 Å². The average Bonchev–Trinajstić information content (AvgIpc) is 3.50. The summed E-state index contributed by atoms with van der Waals surface area (Å²) in [7, 11) is 3.82. The minimum atomic E-state index is -0.453. The van der Waals surface area contributed by atoms with Gasteiger partial charge in [-0.3, -0.25) is 23.9 Å². The predicted molar refractivity (Wildman–Crippen MR) is 124 cm³/mol. The highest BCUT2D eigenvalue weighted by molar-refractivity contribution is 6.40. The zero-order valence-electron chi connectivity index (χ0n) is 17.7. The molecule has 32 heavy (non-hydrogen) atoms. The number of rotatable bonds is 7. The van der Waals surface area contributed by atoms with E-state index in [2.05, 4.69) is 10.3 Å². The zero-order chi connectivity index (χ0) is 23.0. The van der Waals surface area contributed by atoms with E-state index in [1.54, 1.807) is 18.3 Å². The standard InChI is InChI=1S/C23H22Cl2N4O3/c1-28(2)10-8-27-22(31)14-11-16(24)19(17(25)12-14)23(32)29-9-6-15-18(29)5-7-26-20(15)21(30)13-3-4-13/h5-7,9,11-13H,3-4,8,10H2,1-2H3,(H,27,31). The van der Waals surface area contributed by atoms with Gasteiger partial charge >= 0.3 is 0 Å². The number of benzene rings is 1. The maximum absolute atomic E-state index is 13.3. The van der Waals surface area contributed by atoms with Gasteiger partial charge in [0.25, 0.3) is 11.8 Å². The van der Waals surface area contributed by atoms with E-state index in [0.717, 1.165) is 12.8 Å². The second kappa shape index (κ2) is 9.02. The van der Waals surface area contributed by atoms with E-state index in [0.29, 0.717) is 29.7 Å². The minimum absolute atomic E-state index is 0.00139. The number of carbonyl (C=O) groups excluding carboxylic acids is 3. The summed E-state index contributed by atoms with van der Waals surface area (Å²) in [5.74, 6) is -0.755. The first-order valence-electron chi connectivity index (χ1n) is 10.2. The van der Waals surface area contributed by atoms with Crippen molar-refractivity contribution in [1.29, 1.82) is 0 Å². The van der Waals surface area contributed by atoms with E-state index < -0.39 is 5.91 Å². The number of ketones is 1. The highest BCUT2D eigenvalue weighted by Gasteiger charge is 2.32. The van der Waals surface area contributed by atoms with E-state index in [1.807, 2.05) is 19.0 Å². The molecule has 0 spiro atoms. The number of hydrogen-bond donors (Lipinski definition) is 1. The van der Waals surface area contributed by atoms with Crippen molar-refractivity contribution >= 4 is 51.7 Å². The second-order valence-corrected chi connectivity index (χ2v) is 8.91. The van der Waals surface area contributed by atoms with E-state index >= 15 is 0 Å². The van der Waals surface area contributed by atoms with Gasteiger partial charge in [-0.25, -0.2) is 0 Å². The van der Waals surface area contributed by atoms with Gasteiger partial charge < -0.3 is 10.2 Å². The van der Waals surface area contributed by atoms with Crippen LogP contribution in [0.15, 0.2) is 36.7 Å². The molecular formula is C23H22Cl2N4O3. The van der Waals surface area contributed by atoms with Gasteiger partial charge in [-0.1, -0.05) is 23.2 Å². The van der Waals surface area contributed by atoms with Crippen LogP contribution in [0.1, 0.15) is 44.0 Å². The smallest absolute Gasteiger partial charge is 0.265 e. The molecule has 1 fully saturated rings. The molecule has 1 aromatic carbocycles. The summed E-state index contributed by atoms with van der Waals surface area (Å²) in [5.41, 5.74) is 1.28. The summed E-state index contributed by atoms with van der Waals surface area (Å²) >= 11 is 12.8. The molecule has 0 bridgehead atoms. The number of Topliss-reactive ketones (excluding diaryl/α,β-unsaturated/α-hetero) is 1. The SMILES string of the molecule is CN(C)CCNC(=O)c1cc(Cl)c(C(=O)n2ccc3c(C(=O)C4CC4)nccc32)c(Cl)c1. The molecule has 3 aromatic rings. The van der Waals surface area contributed by atoms with E-state index in [4.69, 9.17) is 23.2 Å². The number of aromatic nitrogens is 2. The molecule has 0 radical (unpaired) electrons. The van der Waals surface area contributed by atoms with Gasteiger partial charge in [-0.15, -0.1) is 0 Å². The Labute approximate surface area is 195 Å². The van der Waals surface area contributed by atoms with Crippen LogP contribution in [0.4, 0.5) is 0 Å². The first-order valence-corrected chi connectivity index (χ1v) is 11.0. The quantitative estimate of drug-likeness (QED) is 0.526. The van der Waals surface area contributed by atoms with Crippen molar-refractivity contribution in [3.05, 3.63) is 63.5 Å². The number of carbonyl (C=O) groups is 3. The lowest BCUT2D eigenvalue weighted by molar-refractivity contribution is 0.0944. The van der Waals surface area contributed by atoms with Crippen LogP contribution in [0.3, 0.4) is 0 Å². The Hall–Kier alpha value is -2.74. The molecule has 0 unspecified atom stereocenters. The average molecular weight is 473 g/mol. The van der Waals surface area contributed by atoms with E-state index in [9.17, 15) is 14.4 Å². The molecular weight excluding hydrogens is 451 g/mol. The van der Waals surface area contributed by atoms with Gasteiger partial charge in [0.1, 0.15) is 5.69 Å². The van der Waals surface area contributed by atoms with Crippen LogP contribution in [0, 0.1) is 5.92 Å². The number of pyridine rings is 1. The van der Waals surface area contributed by atoms with Crippen molar-refractivity contribution < 1.29 is 14.4 Å². The monoisotopic (exact) mass is 472 g/mol. The van der Waals surface area contributed by atoms with Gasteiger partial charge in [0, 0.05) is 42.4 Å². The number of nitrogens with one attached hydrogen (secondary N) is 1. The Balaban J connectivity index is 1.63. The van der Waals surface area contributed by atoms with Crippen LogP contribution in [0.2, 0.25) is 10.0 Å². The lowest BCUT2D eigenvalue weighted by Crippen LogP contribution is -2.31. The lowest BCUT2D eigenvalue weighted by Gasteiger charge is -2.13. The molecule has 1 N–H and O–H groups in total. The summed E-state index contributed by atoms with van der Waals surface area (Å²) in [6, 6.07) is 6.23. The first kappa shape index (κ1) is 22.5. The third-order valence-corrected chi connectivity index (χ3v) is 5.98. The second-order valence-electron chi connectivity index (χ2n) is 8.10. The van der Waals surface area contributed by atoms with Crippen molar-refractivity contribution in [3.63, 3.8) is 0 Å². The number of nitrogens with zero attached hydrogens (tertiary/aromatic N) is 3. The Morgan fingerprint density at radius 1 is 1.16 bits per heavy atom. The van der Waals surface area contributed by atoms with Crippen LogP contribution >= 0.6 is 23.2 Å². The van der Waals surface area contributed by atoms with Crippen molar-refractivity contribution in [2.75, 3.05) is 27.2 Å². The Bertz CT molecular complexity index is 1210. The largest absolute Gasteiger partial charge is 0.351 e. The summed E-state index contributed by atoms with van der Waals surface area (Å²) < 4.78 is 1.39. The Morgan fingerprint density at radius 2 is 1.84 bits per heavy atom. The van der Waals surface area contributed by atoms with Gasteiger partial charge in [-0.05, 0) is 51.2 Å². The normalized spacial score (nSPS) is 13.5. The highest BCUT2D eigenvalue weighted by Crippen LogP contribution is 2.34. The molecule has 2 aromatic heterocycles. The Kier molecular flexibility index (Phi) is 6.33. The number of hydrogen-bond acceptors (Lipinski definition) is 5. The van der Waals surface area contributed by atoms with Gasteiger partial charge in [-0.2, -0.15) is 0 Å². The third kappa shape index (κ3) is 4.41. The molecule has 4 rings (SSSR count). The maximum atomic E-state index is 13.3. The van der Waals surface area contributed by atoms with Crippen LogP contribution in [-0.2, 0) is 0 Å². The molecule has 2 heterocycles. The zero-order valence-corrected chi connectivity index (χ0v) is 19.2. The highest BCUT2D eigenvalue weighted by atomic mass is 35.5. The summed E-state index contributed by atoms with van der Waals surface area (Å²) in [6.45, 7) is 1.15. The first-order chi connectivity index (χ1) is 15.3. The molecule has 7 nitrogen and oxygen atoms in total. The van der Waals surface area contributed by atoms with Crippen LogP contribution in [0.5, 0.6) is 0 Å². The number of amides is 1. The van der Waals surface area contributed by atoms with Gasteiger partial charge in [0.05, 0.1) is 21.1 Å². The predicted octanol–water partition coefficient (Wildman–Crippen LogP) is 3.92. The van der Waals surface area contributed by atoms with Crippen molar-refractivity contribution in [2.45, 2.75) is 12.8 Å². The van der Waals surface area contributed by atoms with Crippen LogP contribution in [0.25, 0.3) is 10.9 Å². The summed E-state index contributed by atoms with van der Waals surface area (Å²) in [6.07, 6.45) is 4.84. The molecule has 9 heteroatoms. The third-order valence-electron chi connectivity index (χ3n) is 5.38. The van der Waals surface area contributed by atoms with E-state index in [-0.39, 0.29) is 38.8 Å². The van der Waals surface area contributed by atoms with Gasteiger partial charge in [0.2, 0.25) is 0 Å². The molecule has 1 saturated carbocycles. The van der Waals surface area contributed by atoms with Crippen molar-refractivity contribution in [2.24, 2.45) is 5.92 Å². The Morgan fingerprint density at radius 3 is 2.47 bits per heavy atom. The van der Waals surface area contributed by atoms with Crippen LogP contribution < -0.4 is 5.32 Å². The lowest BCUT2D eigenvalue weighted by atomic mass is 10.1. The molecule has 1 aliphatic carbocycles. The molecule has 0 saturated heterocycles. The van der Waals surface area contributed by atoms with Crippen molar-refractivity contribution in [1.82, 2.24) is 19.8 Å². The number of likely N-dealkylation sites (N-methyl/N-ethyl adjacent to an activating group) is 1. The van der Waals surface area contributed by atoms with Crippen LogP contribution in [-0.4, -0.2) is 59.2 Å². The maximum Gasteiger partial charge on any atom is 0.265 e. The fourth-order valence-corrected chi connectivity index (χ4v) is 4.15. The van der Waals surface area contributed by atoms with Crippen molar-refractivity contribution in [3.8, 4) is 0 Å². The summed E-state index contributed by atoms with van der Waals surface area (Å²) in [5, 5.41) is 3.55. The fourth-order valence-electron chi connectivity index (χ4n) is 3.50. The topological polar surface area (TPSA) is 84.3 Å². The molecule has 0 aliphatic heterocycles. The molecule has 0 atom stereocenters. The summed E-state index contributed by atoms with van der Waals surface area (Å²) in [4.78, 5) is 44.4.